The molecule has 3 saturated carbocycles. The first-order valence-electron chi connectivity index (χ1n) is 28.0. The molecule has 24 heteroatoms. The summed E-state index contributed by atoms with van der Waals surface area (Å²) >= 11 is 0. The quantitative estimate of drug-likeness (QED) is 0.0527. The fraction of sp³-hybridized carbons (Fsp3) is 0.944. The van der Waals surface area contributed by atoms with Crippen LogP contribution in [0.25, 0.3) is 0 Å². The van der Waals surface area contributed by atoms with Gasteiger partial charge in [0, 0.05) is 13.0 Å². The molecule has 29 atom stereocenters. The van der Waals surface area contributed by atoms with Crippen molar-refractivity contribution in [3.05, 3.63) is 11.6 Å². The Morgan fingerprint density at radius 2 is 1.17 bits per heavy atom. The molecule has 0 aromatic carbocycles. The predicted molar refractivity (Wildman–Crippen MR) is 263 cm³/mol. The van der Waals surface area contributed by atoms with Crippen LogP contribution in [0.4, 0.5) is 0 Å². The third-order valence-electron chi connectivity index (χ3n) is 21.0. The summed E-state index contributed by atoms with van der Waals surface area (Å²) in [5, 5.41) is 133. The van der Waals surface area contributed by atoms with Crippen molar-refractivity contribution in [1.29, 1.82) is 0 Å². The molecule has 12 N–H and O–H groups in total. The maximum Gasteiger partial charge on any atom is 0.316 e. The first-order chi connectivity index (χ1) is 36.7. The molecule has 1 spiro atoms. The van der Waals surface area contributed by atoms with Gasteiger partial charge >= 0.3 is 5.97 Å². The molecule has 6 heterocycles. The van der Waals surface area contributed by atoms with E-state index in [1.807, 2.05) is 13.0 Å². The predicted octanol–water partition coefficient (Wildman–Crippen LogP) is -2.23. The molecule has 0 aromatic heterocycles. The van der Waals surface area contributed by atoms with E-state index < -0.39 is 176 Å². The second-order valence-electron chi connectivity index (χ2n) is 25.9. The van der Waals surface area contributed by atoms with Crippen molar-refractivity contribution in [3.8, 4) is 0 Å². The second kappa shape index (κ2) is 21.4. The van der Waals surface area contributed by atoms with Gasteiger partial charge in [-0.25, -0.2) is 0 Å². The van der Waals surface area contributed by atoms with Gasteiger partial charge < -0.3 is 113 Å². The first kappa shape index (κ1) is 59.5. The van der Waals surface area contributed by atoms with E-state index in [4.69, 9.17) is 52.1 Å². The monoisotopic (exact) mass is 1120 g/mol. The van der Waals surface area contributed by atoms with Crippen molar-refractivity contribution >= 4 is 5.97 Å². The SMILES string of the molecule is CO[C@@H]1[C@@H](O)[C@H](O[C@@H]2[C@@H](O)[C@H](O[C@H]3[C@H](O)[C@@H](O)[C@H](O[C@H]4[C@H](O[C@H]5CC[C@]6(C)C7=C[C@H](O)[C@]89C(=O)O[C@@](C)(C%10CCC(C)(C)O%10)[C@H]8CC[C@@]9(C)[C@@H]7CC[C@H]6C5(C)C)OC[C@@H](O)[C@@H]4O)O[C@@H]3CO)O[C@H](CO)[C@H]2O)O[C@H](CO)[C@H]1O. The van der Waals surface area contributed by atoms with Crippen LogP contribution in [-0.2, 0) is 56.9 Å². The number of rotatable bonds is 13. The summed E-state index contributed by atoms with van der Waals surface area (Å²) in [4.78, 5) is 14.6. The number of carbonyl (C=O) groups is 1. The van der Waals surface area contributed by atoms with E-state index in [1.165, 1.54) is 7.11 Å². The molecule has 9 fully saturated rings. The van der Waals surface area contributed by atoms with Gasteiger partial charge in [0.2, 0.25) is 0 Å². The van der Waals surface area contributed by atoms with Gasteiger partial charge in [-0.3, -0.25) is 4.79 Å². The Morgan fingerprint density at radius 1 is 0.577 bits per heavy atom. The molecule has 6 saturated heterocycles. The lowest BCUT2D eigenvalue weighted by Crippen LogP contribution is -2.67. The van der Waals surface area contributed by atoms with Gasteiger partial charge in [0.1, 0.15) is 103 Å². The summed E-state index contributed by atoms with van der Waals surface area (Å²) in [6.07, 6.45) is -25.7. The largest absolute Gasteiger partial charge is 0.456 e. The van der Waals surface area contributed by atoms with E-state index in [0.29, 0.717) is 12.8 Å². The Kier molecular flexibility index (Phi) is 16.4. The maximum atomic E-state index is 14.6. The van der Waals surface area contributed by atoms with Gasteiger partial charge in [-0.05, 0) is 100 Å². The molecule has 446 valence electrons. The van der Waals surface area contributed by atoms with Crippen LogP contribution in [0.2, 0.25) is 0 Å². The molecule has 78 heavy (non-hydrogen) atoms. The fourth-order valence-electron chi connectivity index (χ4n) is 16.8. The van der Waals surface area contributed by atoms with Gasteiger partial charge in [-0.2, -0.15) is 0 Å². The molecule has 0 amide bonds. The Morgan fingerprint density at radius 3 is 1.78 bits per heavy atom. The van der Waals surface area contributed by atoms with E-state index in [9.17, 15) is 66.1 Å². The van der Waals surface area contributed by atoms with Crippen LogP contribution >= 0.6 is 0 Å². The average Bonchev–Trinajstić information content (AvgIpc) is 4.22. The number of cyclic esters (lactones) is 1. The van der Waals surface area contributed by atoms with Gasteiger partial charge in [0.15, 0.2) is 25.2 Å². The molecule has 0 bridgehead atoms. The molecule has 24 nitrogen and oxygen atoms in total. The molecule has 0 aromatic rings. The number of allylic oxidation sites excluding steroid dienone is 1. The molecule has 6 aliphatic heterocycles. The number of hydrogen-bond acceptors (Lipinski definition) is 24. The van der Waals surface area contributed by atoms with Crippen molar-refractivity contribution in [3.63, 3.8) is 0 Å². The zero-order valence-electron chi connectivity index (χ0n) is 45.8. The van der Waals surface area contributed by atoms with Crippen molar-refractivity contribution in [2.75, 3.05) is 33.5 Å². The van der Waals surface area contributed by atoms with Crippen molar-refractivity contribution in [2.45, 2.75) is 246 Å². The van der Waals surface area contributed by atoms with Gasteiger partial charge in [0.25, 0.3) is 0 Å². The molecule has 10 aliphatic rings. The molecule has 4 aliphatic carbocycles. The summed E-state index contributed by atoms with van der Waals surface area (Å²) in [5.41, 5.74) is -2.74. The summed E-state index contributed by atoms with van der Waals surface area (Å²) in [6, 6.07) is 0. The Labute approximate surface area is 453 Å². The van der Waals surface area contributed by atoms with E-state index in [-0.39, 0.29) is 42.0 Å². The highest BCUT2D eigenvalue weighted by atomic mass is 16.8. The number of fused-ring (bicyclic) bond motifs is 4. The molecular formula is C54H86O24. The maximum absolute atomic E-state index is 14.6. The molecule has 1 unspecified atom stereocenters. The van der Waals surface area contributed by atoms with E-state index in [2.05, 4.69) is 41.5 Å². The highest BCUT2D eigenvalue weighted by Crippen LogP contribution is 2.76. The minimum Gasteiger partial charge on any atom is -0.456 e. The number of carbonyl (C=O) groups excluding carboxylic acids is 1. The van der Waals surface area contributed by atoms with Crippen LogP contribution in [0.1, 0.15) is 99.8 Å². The summed E-state index contributed by atoms with van der Waals surface area (Å²) in [7, 11) is 1.19. The molecular weight excluding hydrogens is 1030 g/mol. The number of ether oxygens (including phenoxy) is 11. The van der Waals surface area contributed by atoms with Crippen molar-refractivity contribution < 1.29 is 118 Å². The van der Waals surface area contributed by atoms with E-state index >= 15 is 0 Å². The van der Waals surface area contributed by atoms with Crippen molar-refractivity contribution in [1.82, 2.24) is 0 Å². The van der Waals surface area contributed by atoms with Gasteiger partial charge in [0.05, 0.1) is 50.3 Å². The number of hydrogen-bond donors (Lipinski definition) is 12. The number of methoxy groups -OCH3 is 1. The van der Waals surface area contributed by atoms with Crippen LogP contribution in [0.3, 0.4) is 0 Å². The zero-order chi connectivity index (χ0) is 56.6. The lowest BCUT2D eigenvalue weighted by Gasteiger charge is -2.64. The third kappa shape index (κ3) is 9.12. The Balaban J connectivity index is 0.826. The van der Waals surface area contributed by atoms with Gasteiger partial charge in [-0.15, -0.1) is 0 Å². The van der Waals surface area contributed by atoms with Crippen LogP contribution in [0.5, 0.6) is 0 Å². The van der Waals surface area contributed by atoms with Crippen LogP contribution in [0.15, 0.2) is 11.6 Å². The minimum absolute atomic E-state index is 0.00724. The summed E-state index contributed by atoms with van der Waals surface area (Å²) in [5.74, 6) is -0.547. The topological polar surface area (TPSA) is 361 Å². The van der Waals surface area contributed by atoms with Crippen molar-refractivity contribution in [2.24, 2.45) is 39.4 Å². The number of aliphatic hydroxyl groups is 12. The highest BCUT2D eigenvalue weighted by molar-refractivity contribution is 5.84. The average molecular weight is 1120 g/mol. The number of esters is 1. The van der Waals surface area contributed by atoms with Gasteiger partial charge in [-0.1, -0.05) is 39.3 Å². The fourth-order valence-corrected chi connectivity index (χ4v) is 16.8. The normalized spacial score (nSPS) is 54.6. The summed E-state index contributed by atoms with van der Waals surface area (Å²) < 4.78 is 66.1. The standard InChI is InChI=1S/C54H86O24/c1-49(2)14-12-32(77-49)53(7)29-11-16-52(6)22-9-10-28-50(3,4)31(13-15-51(28,5)23(22)17-30(59)54(29,52)48(67)78-53)73-47-43(33(60)24(58)21-69-47)76-44-37(64)36(63)40(27(20-57)72-44)74-46-39(66)42(35(62)26(19-56)71-46)75-45-38(65)41(68-8)34(61)25(18-55)70-45/h17,22,24-47,55-66H,9-16,18-21H2,1-8H3/t22-,24-,25-,26-,27-,28+,29-,30+,31+,32?,33+,34-,35-,36-,37-,38-,39-,40-,41+,42+,43-,44+,45+,46+,47+,51-,52+,53-,54+/m1/s1. The lowest BCUT2D eigenvalue weighted by atomic mass is 9.40. The smallest absolute Gasteiger partial charge is 0.316 e. The van der Waals surface area contributed by atoms with E-state index in [0.717, 1.165) is 44.1 Å². The Bertz CT molecular complexity index is 2180. The second-order valence-corrected chi connectivity index (χ2v) is 25.9. The van der Waals surface area contributed by atoms with Crippen LogP contribution in [-0.4, -0.2) is 247 Å². The minimum atomic E-state index is -2.00. The molecule has 10 rings (SSSR count). The Hall–Kier alpha value is -1.67. The summed E-state index contributed by atoms with van der Waals surface area (Å²) in [6.45, 7) is 12.0. The van der Waals surface area contributed by atoms with Crippen LogP contribution < -0.4 is 0 Å². The number of aliphatic hydroxyl groups excluding tert-OH is 12. The zero-order valence-corrected chi connectivity index (χ0v) is 45.8. The van der Waals surface area contributed by atoms with Crippen LogP contribution in [0, 0.1) is 39.4 Å². The lowest BCUT2D eigenvalue weighted by molar-refractivity contribution is -0.392. The highest BCUT2D eigenvalue weighted by Gasteiger charge is 2.80. The molecule has 0 radical (unpaired) electrons. The van der Waals surface area contributed by atoms with E-state index in [1.54, 1.807) is 0 Å². The first-order valence-corrected chi connectivity index (χ1v) is 28.0. The third-order valence-corrected chi connectivity index (χ3v) is 21.0.